The van der Waals surface area contributed by atoms with Gasteiger partial charge in [0, 0.05) is 10.0 Å². The summed E-state index contributed by atoms with van der Waals surface area (Å²) in [4.78, 5) is 29.4. The molecule has 0 bridgehead atoms. The summed E-state index contributed by atoms with van der Waals surface area (Å²) >= 11 is 3.39. The smallest absolute Gasteiger partial charge is 0.343 e. The van der Waals surface area contributed by atoms with Gasteiger partial charge >= 0.3 is 5.97 Å². The van der Waals surface area contributed by atoms with Gasteiger partial charge in [0.2, 0.25) is 0 Å². The minimum Gasteiger partial charge on any atom is -0.477 e. The topological polar surface area (TPSA) is 83.0 Å². The fourth-order valence-corrected chi connectivity index (χ4v) is 2.22. The first-order chi connectivity index (χ1) is 8.90. The second-order valence-electron chi connectivity index (χ2n) is 4.16. The Kier molecular flexibility index (Phi) is 3.53. The number of carbonyl (C=O) groups is 1. The third-order valence-electron chi connectivity index (χ3n) is 2.69. The molecule has 0 radical (unpaired) electrons. The van der Waals surface area contributed by atoms with E-state index in [0.717, 1.165) is 15.6 Å². The number of hydrogen-bond acceptors (Lipinski definition) is 3. The van der Waals surface area contributed by atoms with Gasteiger partial charge in [-0.25, -0.2) is 9.78 Å². The van der Waals surface area contributed by atoms with Crippen LogP contribution in [0.25, 0.3) is 11.4 Å². The van der Waals surface area contributed by atoms with E-state index in [1.54, 1.807) is 0 Å². The van der Waals surface area contributed by atoms with Crippen LogP contribution in [-0.2, 0) is 0 Å². The number of benzene rings is 1. The van der Waals surface area contributed by atoms with Crippen molar-refractivity contribution in [3.05, 3.63) is 49.8 Å². The predicted octanol–water partition coefficient (Wildman–Crippen LogP) is 2.51. The zero-order valence-corrected chi connectivity index (χ0v) is 11.9. The van der Waals surface area contributed by atoms with Crippen LogP contribution in [0.15, 0.2) is 27.5 Å². The summed E-state index contributed by atoms with van der Waals surface area (Å²) in [6.07, 6.45) is 0. The summed E-state index contributed by atoms with van der Waals surface area (Å²) in [5.74, 6) is -0.927. The lowest BCUT2D eigenvalue weighted by Crippen LogP contribution is -2.21. The monoisotopic (exact) mass is 322 g/mol. The van der Waals surface area contributed by atoms with E-state index >= 15 is 0 Å². The van der Waals surface area contributed by atoms with Gasteiger partial charge in [-0.15, -0.1) is 0 Å². The van der Waals surface area contributed by atoms with E-state index in [1.807, 2.05) is 25.1 Å². The number of hydrogen-bond donors (Lipinski definition) is 2. The molecule has 1 aromatic heterocycles. The molecule has 0 saturated heterocycles. The molecule has 19 heavy (non-hydrogen) atoms. The van der Waals surface area contributed by atoms with Gasteiger partial charge in [-0.3, -0.25) is 4.79 Å². The number of aromatic nitrogens is 2. The van der Waals surface area contributed by atoms with Gasteiger partial charge in [0.25, 0.3) is 5.56 Å². The van der Waals surface area contributed by atoms with Crippen LogP contribution >= 0.6 is 15.9 Å². The highest BCUT2D eigenvalue weighted by molar-refractivity contribution is 9.10. The van der Waals surface area contributed by atoms with E-state index in [0.29, 0.717) is 5.82 Å². The number of aromatic carboxylic acids is 1. The molecule has 1 aromatic carbocycles. The molecule has 0 aliphatic carbocycles. The molecule has 0 aliphatic rings. The standard InChI is InChI=1S/C13H11BrN2O3/c1-6-3-4-9(14)8(5-6)11-15-7(2)10(13(18)19)12(17)16-11/h3-5H,1-2H3,(H,18,19)(H,15,16,17). The molecule has 0 aliphatic heterocycles. The van der Waals surface area contributed by atoms with E-state index in [-0.39, 0.29) is 11.3 Å². The van der Waals surface area contributed by atoms with Crippen molar-refractivity contribution in [2.24, 2.45) is 0 Å². The number of carboxylic acid groups (broad SMARTS) is 1. The number of aromatic amines is 1. The van der Waals surface area contributed by atoms with Crippen LogP contribution in [0.2, 0.25) is 0 Å². The molecule has 0 fully saturated rings. The SMILES string of the molecule is Cc1ccc(Br)c(-c2nc(C)c(C(=O)O)c(=O)[nH]2)c1. The van der Waals surface area contributed by atoms with Gasteiger partial charge in [0.1, 0.15) is 11.4 Å². The Morgan fingerprint density at radius 3 is 2.63 bits per heavy atom. The van der Waals surface area contributed by atoms with Gasteiger partial charge in [0.05, 0.1) is 5.69 Å². The average molecular weight is 323 g/mol. The van der Waals surface area contributed by atoms with E-state index in [1.165, 1.54) is 6.92 Å². The highest BCUT2D eigenvalue weighted by Crippen LogP contribution is 2.26. The van der Waals surface area contributed by atoms with Crippen molar-refractivity contribution in [1.29, 1.82) is 0 Å². The van der Waals surface area contributed by atoms with Crippen molar-refractivity contribution >= 4 is 21.9 Å². The zero-order chi connectivity index (χ0) is 14.2. The first-order valence-corrected chi connectivity index (χ1v) is 6.30. The minimum absolute atomic E-state index is 0.194. The van der Waals surface area contributed by atoms with Crippen molar-refractivity contribution < 1.29 is 9.90 Å². The van der Waals surface area contributed by atoms with E-state index in [2.05, 4.69) is 25.9 Å². The first-order valence-electron chi connectivity index (χ1n) is 5.51. The first kappa shape index (κ1) is 13.5. The molecular weight excluding hydrogens is 312 g/mol. The summed E-state index contributed by atoms with van der Waals surface area (Å²) in [7, 11) is 0. The van der Waals surface area contributed by atoms with E-state index in [9.17, 15) is 9.59 Å². The minimum atomic E-state index is -1.28. The molecule has 0 amide bonds. The molecule has 2 N–H and O–H groups in total. The number of nitrogens with zero attached hydrogens (tertiary/aromatic N) is 1. The molecule has 2 aromatic rings. The Balaban J connectivity index is 2.68. The Morgan fingerprint density at radius 1 is 1.37 bits per heavy atom. The number of rotatable bonds is 2. The summed E-state index contributed by atoms with van der Waals surface area (Å²) in [6.45, 7) is 3.43. The predicted molar refractivity (Wildman–Crippen MR) is 74.4 cm³/mol. The van der Waals surface area contributed by atoms with Crippen molar-refractivity contribution in [2.75, 3.05) is 0 Å². The lowest BCUT2D eigenvalue weighted by atomic mass is 10.1. The Labute approximate surface area is 117 Å². The molecule has 1 heterocycles. The van der Waals surface area contributed by atoms with E-state index < -0.39 is 11.5 Å². The summed E-state index contributed by atoms with van der Waals surface area (Å²) in [5.41, 5.74) is 0.952. The van der Waals surface area contributed by atoms with Crippen LogP contribution in [0.5, 0.6) is 0 Å². The van der Waals surface area contributed by atoms with Crippen LogP contribution < -0.4 is 5.56 Å². The molecule has 2 rings (SSSR count). The van der Waals surface area contributed by atoms with Crippen molar-refractivity contribution in [3.63, 3.8) is 0 Å². The maximum Gasteiger partial charge on any atom is 0.343 e. The second-order valence-corrected chi connectivity index (χ2v) is 5.02. The number of aryl methyl sites for hydroxylation is 2. The van der Waals surface area contributed by atoms with Crippen LogP contribution in [0.1, 0.15) is 21.6 Å². The maximum absolute atomic E-state index is 11.8. The normalized spacial score (nSPS) is 10.5. The molecule has 0 atom stereocenters. The zero-order valence-electron chi connectivity index (χ0n) is 10.3. The van der Waals surface area contributed by atoms with Gasteiger partial charge in [-0.05, 0) is 26.0 Å². The van der Waals surface area contributed by atoms with Gasteiger partial charge in [-0.1, -0.05) is 27.6 Å². The molecule has 0 spiro atoms. The largest absolute Gasteiger partial charge is 0.477 e. The average Bonchev–Trinajstić information content (AvgIpc) is 2.30. The molecule has 5 nitrogen and oxygen atoms in total. The third-order valence-corrected chi connectivity index (χ3v) is 3.38. The number of H-pyrrole nitrogens is 1. The maximum atomic E-state index is 11.8. The van der Waals surface area contributed by atoms with Crippen molar-refractivity contribution in [1.82, 2.24) is 9.97 Å². The molecule has 98 valence electrons. The van der Waals surface area contributed by atoms with Crippen LogP contribution in [0.3, 0.4) is 0 Å². The van der Waals surface area contributed by atoms with Gasteiger partial charge in [-0.2, -0.15) is 0 Å². The van der Waals surface area contributed by atoms with Crippen LogP contribution in [-0.4, -0.2) is 21.0 Å². The Morgan fingerprint density at radius 2 is 2.05 bits per heavy atom. The fraction of sp³-hybridized carbons (Fsp3) is 0.154. The summed E-state index contributed by atoms with van der Waals surface area (Å²) < 4.78 is 0.781. The van der Waals surface area contributed by atoms with Gasteiger partial charge < -0.3 is 10.1 Å². The highest BCUT2D eigenvalue weighted by Gasteiger charge is 2.16. The lowest BCUT2D eigenvalue weighted by molar-refractivity contribution is 0.0693. The molecule has 6 heteroatoms. The number of carboxylic acids is 1. The van der Waals surface area contributed by atoms with Gasteiger partial charge in [0.15, 0.2) is 0 Å². The van der Waals surface area contributed by atoms with E-state index in [4.69, 9.17) is 5.11 Å². The highest BCUT2D eigenvalue weighted by atomic mass is 79.9. The molecule has 0 unspecified atom stereocenters. The van der Waals surface area contributed by atoms with Crippen LogP contribution in [0, 0.1) is 13.8 Å². The Hall–Kier alpha value is -1.95. The second kappa shape index (κ2) is 4.97. The third kappa shape index (κ3) is 2.58. The summed E-state index contributed by atoms with van der Waals surface area (Å²) in [6, 6.07) is 5.64. The summed E-state index contributed by atoms with van der Waals surface area (Å²) in [5, 5.41) is 8.94. The number of nitrogens with one attached hydrogen (secondary N) is 1. The Bertz CT molecular complexity index is 722. The molecule has 0 saturated carbocycles. The van der Waals surface area contributed by atoms with Crippen LogP contribution in [0.4, 0.5) is 0 Å². The number of halogens is 1. The fourth-order valence-electron chi connectivity index (χ4n) is 1.79. The lowest BCUT2D eigenvalue weighted by Gasteiger charge is -2.07. The molecular formula is C13H11BrN2O3. The quantitative estimate of drug-likeness (QED) is 0.889. The van der Waals surface area contributed by atoms with Crippen molar-refractivity contribution in [2.45, 2.75) is 13.8 Å². The van der Waals surface area contributed by atoms with Crippen molar-refractivity contribution in [3.8, 4) is 11.4 Å².